The van der Waals surface area contributed by atoms with E-state index in [9.17, 15) is 9.59 Å². The van der Waals surface area contributed by atoms with Crippen LogP contribution in [0.1, 0.15) is 17.9 Å². The maximum Gasteiger partial charge on any atom is 0.234 e. The van der Waals surface area contributed by atoms with Crippen LogP contribution in [-0.4, -0.2) is 11.8 Å². The Morgan fingerprint density at radius 1 is 0.842 bits per heavy atom. The minimum Gasteiger partial charge on any atom is -0.296 e. The van der Waals surface area contributed by atoms with Gasteiger partial charge in [-0.3, -0.25) is 14.9 Å². The van der Waals surface area contributed by atoms with Gasteiger partial charge in [-0.05, 0) is 16.7 Å². The molecule has 1 N–H and O–H groups in total. The first-order valence-corrected chi connectivity index (χ1v) is 6.23. The number of nitrogens with one attached hydrogen (secondary N) is 1. The van der Waals surface area contributed by atoms with Gasteiger partial charge in [-0.1, -0.05) is 54.6 Å². The summed E-state index contributed by atoms with van der Waals surface area (Å²) in [6, 6.07) is 17.9. The molecule has 1 fully saturated rings. The first-order valence-electron chi connectivity index (χ1n) is 6.23. The Balaban J connectivity index is 1.87. The molecule has 3 nitrogen and oxygen atoms in total. The van der Waals surface area contributed by atoms with Gasteiger partial charge in [0.25, 0.3) is 0 Å². The topological polar surface area (TPSA) is 46.2 Å². The molecule has 2 aromatic rings. The van der Waals surface area contributed by atoms with Gasteiger partial charge in [0.1, 0.15) is 0 Å². The highest BCUT2D eigenvalue weighted by molar-refractivity contribution is 6.06. The van der Waals surface area contributed by atoms with Crippen molar-refractivity contribution in [2.24, 2.45) is 0 Å². The summed E-state index contributed by atoms with van der Waals surface area (Å²) in [6.07, 6.45) is 0.253. The van der Waals surface area contributed by atoms with Gasteiger partial charge < -0.3 is 0 Å². The molecule has 0 saturated carbocycles. The summed E-state index contributed by atoms with van der Waals surface area (Å²) in [4.78, 5) is 22.8. The van der Waals surface area contributed by atoms with Gasteiger partial charge in [-0.25, -0.2) is 0 Å². The van der Waals surface area contributed by atoms with Crippen LogP contribution in [0.5, 0.6) is 0 Å². The second-order valence-corrected chi connectivity index (χ2v) is 4.66. The molecule has 3 heteroatoms. The number of carbonyl (C=O) groups excluding carboxylic acids is 2. The quantitative estimate of drug-likeness (QED) is 0.833. The zero-order valence-corrected chi connectivity index (χ0v) is 10.3. The highest BCUT2D eigenvalue weighted by Gasteiger charge is 2.31. The second-order valence-electron chi connectivity index (χ2n) is 4.66. The van der Waals surface area contributed by atoms with Gasteiger partial charge in [-0.2, -0.15) is 0 Å². The van der Waals surface area contributed by atoms with E-state index in [1.165, 1.54) is 0 Å². The number of carbonyl (C=O) groups is 2. The van der Waals surface area contributed by atoms with E-state index >= 15 is 0 Å². The minimum absolute atomic E-state index is 0.192. The molecule has 2 amide bonds. The van der Waals surface area contributed by atoms with E-state index in [4.69, 9.17) is 0 Å². The van der Waals surface area contributed by atoms with Crippen molar-refractivity contribution in [3.05, 3.63) is 60.2 Å². The lowest BCUT2D eigenvalue weighted by Gasteiger charge is -2.07. The third-order valence-corrected chi connectivity index (χ3v) is 3.39. The van der Waals surface area contributed by atoms with Gasteiger partial charge in [0.05, 0.1) is 5.92 Å². The molecule has 3 rings (SSSR count). The Bertz CT molecular complexity index is 617. The summed E-state index contributed by atoms with van der Waals surface area (Å²) in [5.74, 6) is -0.725. The van der Waals surface area contributed by atoms with Crippen molar-refractivity contribution >= 4 is 11.8 Å². The van der Waals surface area contributed by atoms with Gasteiger partial charge in [-0.15, -0.1) is 0 Å². The highest BCUT2D eigenvalue weighted by atomic mass is 16.2. The molecule has 1 saturated heterocycles. The number of benzene rings is 2. The molecule has 0 radical (unpaired) electrons. The Labute approximate surface area is 111 Å². The van der Waals surface area contributed by atoms with Crippen LogP contribution < -0.4 is 5.32 Å². The van der Waals surface area contributed by atoms with E-state index in [2.05, 4.69) is 5.32 Å². The van der Waals surface area contributed by atoms with Gasteiger partial charge in [0.2, 0.25) is 11.8 Å². The summed E-state index contributed by atoms with van der Waals surface area (Å²) in [5.41, 5.74) is 3.14. The summed E-state index contributed by atoms with van der Waals surface area (Å²) < 4.78 is 0. The second kappa shape index (κ2) is 4.69. The molecular formula is C16H13NO2. The van der Waals surface area contributed by atoms with Crippen LogP contribution in [-0.2, 0) is 9.59 Å². The van der Waals surface area contributed by atoms with Crippen LogP contribution in [0.4, 0.5) is 0 Å². The van der Waals surface area contributed by atoms with Crippen LogP contribution in [0, 0.1) is 0 Å². The maximum absolute atomic E-state index is 11.6. The lowest BCUT2D eigenvalue weighted by atomic mass is 9.95. The zero-order chi connectivity index (χ0) is 13.2. The van der Waals surface area contributed by atoms with Crippen LogP contribution in [0.2, 0.25) is 0 Å². The van der Waals surface area contributed by atoms with E-state index in [1.54, 1.807) is 0 Å². The van der Waals surface area contributed by atoms with Crippen LogP contribution >= 0.6 is 0 Å². The van der Waals surface area contributed by atoms with Crippen LogP contribution in [0.3, 0.4) is 0 Å². The van der Waals surface area contributed by atoms with Crippen molar-refractivity contribution in [1.29, 1.82) is 0 Å². The molecule has 0 aromatic heterocycles. The van der Waals surface area contributed by atoms with Crippen molar-refractivity contribution in [1.82, 2.24) is 5.32 Å². The predicted octanol–water partition coefficient (Wildman–Crippen LogP) is 2.48. The smallest absolute Gasteiger partial charge is 0.234 e. The summed E-state index contributed by atoms with van der Waals surface area (Å²) in [6.45, 7) is 0. The Morgan fingerprint density at radius 3 is 2.05 bits per heavy atom. The molecule has 1 aliphatic heterocycles. The monoisotopic (exact) mass is 251 g/mol. The molecule has 0 spiro atoms. The van der Waals surface area contributed by atoms with E-state index in [1.807, 2.05) is 54.6 Å². The third kappa shape index (κ3) is 2.27. The predicted molar refractivity (Wildman–Crippen MR) is 72.4 cm³/mol. The lowest BCUT2D eigenvalue weighted by molar-refractivity contribution is -0.125. The number of hydrogen-bond acceptors (Lipinski definition) is 2. The molecule has 94 valence electrons. The average molecular weight is 251 g/mol. The molecular weight excluding hydrogens is 238 g/mol. The number of amides is 2. The summed E-state index contributed by atoms with van der Waals surface area (Å²) in [5, 5.41) is 2.33. The number of rotatable bonds is 2. The Hall–Kier alpha value is -2.42. The molecule has 0 bridgehead atoms. The fraction of sp³-hybridized carbons (Fsp3) is 0.125. The maximum atomic E-state index is 11.6. The third-order valence-electron chi connectivity index (χ3n) is 3.39. The fourth-order valence-electron chi connectivity index (χ4n) is 2.36. The molecule has 2 aromatic carbocycles. The van der Waals surface area contributed by atoms with Gasteiger partial charge in [0.15, 0.2) is 0 Å². The van der Waals surface area contributed by atoms with Crippen LogP contribution in [0.25, 0.3) is 11.1 Å². The first-order chi connectivity index (χ1) is 9.24. The fourth-order valence-corrected chi connectivity index (χ4v) is 2.36. The normalized spacial score (nSPS) is 18.4. The van der Waals surface area contributed by atoms with Crippen molar-refractivity contribution in [2.45, 2.75) is 12.3 Å². The molecule has 1 heterocycles. The lowest BCUT2D eigenvalue weighted by Crippen LogP contribution is -2.21. The molecule has 1 aliphatic rings. The molecule has 19 heavy (non-hydrogen) atoms. The Morgan fingerprint density at radius 2 is 1.47 bits per heavy atom. The van der Waals surface area contributed by atoms with Crippen molar-refractivity contribution in [2.75, 3.05) is 0 Å². The minimum atomic E-state index is -0.336. The zero-order valence-electron chi connectivity index (χ0n) is 10.3. The first kappa shape index (κ1) is 11.7. The van der Waals surface area contributed by atoms with E-state index in [-0.39, 0.29) is 24.2 Å². The van der Waals surface area contributed by atoms with Gasteiger partial charge in [0, 0.05) is 6.42 Å². The molecule has 1 unspecified atom stereocenters. The number of imide groups is 1. The van der Waals surface area contributed by atoms with Crippen molar-refractivity contribution in [3.8, 4) is 11.1 Å². The van der Waals surface area contributed by atoms with Gasteiger partial charge >= 0.3 is 0 Å². The van der Waals surface area contributed by atoms with E-state index in [0.717, 1.165) is 16.7 Å². The van der Waals surface area contributed by atoms with Crippen molar-refractivity contribution < 1.29 is 9.59 Å². The average Bonchev–Trinajstić information content (AvgIpc) is 2.79. The summed E-state index contributed by atoms with van der Waals surface area (Å²) in [7, 11) is 0. The number of hydrogen-bond donors (Lipinski definition) is 1. The highest BCUT2D eigenvalue weighted by Crippen LogP contribution is 2.27. The SMILES string of the molecule is O=C1CC(c2ccc(-c3ccccc3)cc2)C(=O)N1. The van der Waals surface area contributed by atoms with Crippen LogP contribution in [0.15, 0.2) is 54.6 Å². The van der Waals surface area contributed by atoms with E-state index in [0.29, 0.717) is 0 Å². The van der Waals surface area contributed by atoms with Crippen molar-refractivity contribution in [3.63, 3.8) is 0 Å². The largest absolute Gasteiger partial charge is 0.296 e. The van der Waals surface area contributed by atoms with E-state index < -0.39 is 0 Å². The molecule has 1 atom stereocenters. The summed E-state index contributed by atoms with van der Waals surface area (Å²) >= 11 is 0. The standard InChI is InChI=1S/C16H13NO2/c18-15-10-14(16(19)17-15)13-8-6-12(7-9-13)11-4-2-1-3-5-11/h1-9,14H,10H2,(H,17,18,19). The Kier molecular flexibility index (Phi) is 2.88. The molecule has 0 aliphatic carbocycles.